The number of nitrogens with zero attached hydrogens (tertiary/aromatic N) is 2. The molecule has 312 valence electrons. The van der Waals surface area contributed by atoms with Gasteiger partial charge in [0.15, 0.2) is 0 Å². The molecule has 10 rings (SSSR count). The standard InChI is InChI=1S/C62H54N2/c1-61(2)39-40-62(3,4)60-44-50(31-38-59(60)61)49-29-36-56(37-30-49)63(53-21-13-7-14-22-53)55-32-25-47(26-33-55)48-27-34-57(35-28-48)64(54-23-15-8-16-24-54)58-42-51(45-17-9-5-10-18-45)41-52(43-58)46-19-11-6-12-20-46/h5-38,41-44H,39-40H2,1-4H3. The lowest BCUT2D eigenvalue weighted by Gasteiger charge is -2.42. The summed E-state index contributed by atoms with van der Waals surface area (Å²) >= 11 is 0. The summed E-state index contributed by atoms with van der Waals surface area (Å²) in [7, 11) is 0. The normalized spacial score (nSPS) is 13.8. The van der Waals surface area contributed by atoms with Gasteiger partial charge in [0, 0.05) is 34.1 Å². The van der Waals surface area contributed by atoms with Gasteiger partial charge in [0.2, 0.25) is 0 Å². The first-order valence-electron chi connectivity index (χ1n) is 22.6. The van der Waals surface area contributed by atoms with Gasteiger partial charge >= 0.3 is 0 Å². The maximum atomic E-state index is 2.45. The maximum absolute atomic E-state index is 2.45. The van der Waals surface area contributed by atoms with Crippen molar-refractivity contribution >= 4 is 34.1 Å². The van der Waals surface area contributed by atoms with Gasteiger partial charge in [-0.1, -0.05) is 179 Å². The fourth-order valence-electron chi connectivity index (χ4n) is 9.56. The number of hydrogen-bond donors (Lipinski definition) is 0. The summed E-state index contributed by atoms with van der Waals surface area (Å²) in [6.45, 7) is 9.59. The Morgan fingerprint density at radius 1 is 0.250 bits per heavy atom. The predicted octanol–water partition coefficient (Wildman–Crippen LogP) is 17.6. The van der Waals surface area contributed by atoms with Crippen LogP contribution in [0.1, 0.15) is 51.7 Å². The SMILES string of the molecule is CC1(C)CCC(C)(C)c2cc(-c3ccc(N(c4ccccc4)c4ccc(-c5ccc(N(c6ccccc6)c6cc(-c7ccccc7)cc(-c7ccccc7)c6)cc5)cc4)cc3)ccc21. The van der Waals surface area contributed by atoms with Crippen molar-refractivity contribution in [1.82, 2.24) is 0 Å². The molecule has 0 bridgehead atoms. The van der Waals surface area contributed by atoms with Crippen molar-refractivity contribution in [3.8, 4) is 44.5 Å². The average molecular weight is 827 g/mol. The van der Waals surface area contributed by atoms with Gasteiger partial charge in [-0.15, -0.1) is 0 Å². The molecule has 0 saturated heterocycles. The van der Waals surface area contributed by atoms with Crippen molar-refractivity contribution in [1.29, 1.82) is 0 Å². The van der Waals surface area contributed by atoms with E-state index < -0.39 is 0 Å². The van der Waals surface area contributed by atoms with Crippen LogP contribution in [0.3, 0.4) is 0 Å². The second kappa shape index (κ2) is 17.0. The molecule has 0 amide bonds. The highest BCUT2D eigenvalue weighted by Gasteiger charge is 2.37. The largest absolute Gasteiger partial charge is 0.311 e. The Hall–Kier alpha value is -7.42. The number of benzene rings is 9. The molecule has 0 N–H and O–H groups in total. The molecule has 0 heterocycles. The fraction of sp³-hybridized carbons (Fsp3) is 0.129. The van der Waals surface area contributed by atoms with Crippen molar-refractivity contribution in [2.45, 2.75) is 51.4 Å². The van der Waals surface area contributed by atoms with Crippen LogP contribution >= 0.6 is 0 Å². The molecule has 9 aromatic carbocycles. The van der Waals surface area contributed by atoms with E-state index in [2.05, 4.69) is 268 Å². The Kier molecular flexibility index (Phi) is 10.8. The van der Waals surface area contributed by atoms with E-state index in [0.717, 1.165) is 34.1 Å². The molecule has 0 saturated carbocycles. The second-order valence-corrected chi connectivity index (χ2v) is 18.5. The van der Waals surface area contributed by atoms with Gasteiger partial charge in [0.25, 0.3) is 0 Å². The lowest BCUT2D eigenvalue weighted by atomic mass is 9.63. The van der Waals surface area contributed by atoms with E-state index in [1.165, 1.54) is 68.5 Å². The van der Waals surface area contributed by atoms with E-state index in [-0.39, 0.29) is 10.8 Å². The molecule has 0 radical (unpaired) electrons. The molecule has 1 aliphatic carbocycles. The highest BCUT2D eigenvalue weighted by atomic mass is 15.1. The third-order valence-electron chi connectivity index (χ3n) is 13.3. The molecular weight excluding hydrogens is 773 g/mol. The highest BCUT2D eigenvalue weighted by molar-refractivity contribution is 5.86. The summed E-state index contributed by atoms with van der Waals surface area (Å²) in [6, 6.07) is 83.8. The third-order valence-corrected chi connectivity index (χ3v) is 13.3. The van der Waals surface area contributed by atoms with E-state index in [9.17, 15) is 0 Å². The van der Waals surface area contributed by atoms with E-state index >= 15 is 0 Å². The molecule has 0 aliphatic heterocycles. The first kappa shape index (κ1) is 40.6. The molecule has 64 heavy (non-hydrogen) atoms. The van der Waals surface area contributed by atoms with Crippen LogP contribution in [0.4, 0.5) is 34.1 Å². The van der Waals surface area contributed by atoms with E-state index in [1.54, 1.807) is 0 Å². The second-order valence-electron chi connectivity index (χ2n) is 18.5. The molecule has 0 fully saturated rings. The topological polar surface area (TPSA) is 6.48 Å². The van der Waals surface area contributed by atoms with Crippen LogP contribution in [0, 0.1) is 0 Å². The molecule has 0 spiro atoms. The lowest BCUT2D eigenvalue weighted by Crippen LogP contribution is -2.33. The molecule has 0 unspecified atom stereocenters. The zero-order valence-electron chi connectivity index (χ0n) is 37.2. The zero-order valence-corrected chi connectivity index (χ0v) is 37.2. The molecule has 9 aromatic rings. The number of rotatable bonds is 10. The van der Waals surface area contributed by atoms with Crippen LogP contribution in [0.2, 0.25) is 0 Å². The Balaban J connectivity index is 0.961. The minimum Gasteiger partial charge on any atom is -0.311 e. The van der Waals surface area contributed by atoms with Crippen molar-refractivity contribution in [3.05, 3.63) is 242 Å². The fourth-order valence-corrected chi connectivity index (χ4v) is 9.56. The maximum Gasteiger partial charge on any atom is 0.0473 e. The number of hydrogen-bond acceptors (Lipinski definition) is 2. The van der Waals surface area contributed by atoms with Crippen molar-refractivity contribution < 1.29 is 0 Å². The molecule has 0 atom stereocenters. The van der Waals surface area contributed by atoms with Crippen LogP contribution in [0.25, 0.3) is 44.5 Å². The quantitative estimate of drug-likeness (QED) is 0.136. The Morgan fingerprint density at radius 2 is 0.562 bits per heavy atom. The minimum absolute atomic E-state index is 0.171. The van der Waals surface area contributed by atoms with Gasteiger partial charge < -0.3 is 9.80 Å². The zero-order chi connectivity index (χ0) is 43.7. The first-order valence-corrected chi connectivity index (χ1v) is 22.6. The summed E-state index contributed by atoms with van der Waals surface area (Å²) in [6.07, 6.45) is 2.43. The van der Waals surface area contributed by atoms with E-state index in [1.807, 2.05) is 0 Å². The highest BCUT2D eigenvalue weighted by Crippen LogP contribution is 2.47. The minimum atomic E-state index is 0.171. The summed E-state index contributed by atoms with van der Waals surface area (Å²) in [4.78, 5) is 4.71. The Bertz CT molecular complexity index is 2930. The van der Waals surface area contributed by atoms with Crippen LogP contribution in [0.5, 0.6) is 0 Å². The predicted molar refractivity (Wildman–Crippen MR) is 273 cm³/mol. The molecule has 2 heteroatoms. The van der Waals surface area contributed by atoms with Crippen LogP contribution in [-0.2, 0) is 10.8 Å². The van der Waals surface area contributed by atoms with Crippen LogP contribution in [-0.4, -0.2) is 0 Å². The summed E-state index contributed by atoms with van der Waals surface area (Å²) in [5.74, 6) is 0. The van der Waals surface area contributed by atoms with E-state index in [4.69, 9.17) is 0 Å². The van der Waals surface area contributed by atoms with Gasteiger partial charge in [0.1, 0.15) is 0 Å². The summed E-state index contributed by atoms with van der Waals surface area (Å²) < 4.78 is 0. The van der Waals surface area contributed by atoms with Gasteiger partial charge in [-0.25, -0.2) is 0 Å². The number of anilines is 6. The molecular formula is C62H54N2. The summed E-state index contributed by atoms with van der Waals surface area (Å²) in [5, 5.41) is 0. The summed E-state index contributed by atoms with van der Waals surface area (Å²) in [5.41, 5.74) is 19.6. The molecule has 1 aliphatic rings. The van der Waals surface area contributed by atoms with Gasteiger partial charge in [0.05, 0.1) is 0 Å². The Labute approximate surface area is 379 Å². The number of fused-ring (bicyclic) bond motifs is 1. The third kappa shape index (κ3) is 8.16. The van der Waals surface area contributed by atoms with E-state index in [0.29, 0.717) is 0 Å². The monoisotopic (exact) mass is 826 g/mol. The lowest BCUT2D eigenvalue weighted by molar-refractivity contribution is 0.332. The van der Waals surface area contributed by atoms with Crippen LogP contribution in [0.15, 0.2) is 231 Å². The molecule has 0 aromatic heterocycles. The first-order chi connectivity index (χ1) is 31.2. The number of para-hydroxylation sites is 2. The van der Waals surface area contributed by atoms with Gasteiger partial charge in [-0.3, -0.25) is 0 Å². The van der Waals surface area contributed by atoms with Crippen LogP contribution < -0.4 is 9.80 Å². The van der Waals surface area contributed by atoms with Crippen molar-refractivity contribution in [2.24, 2.45) is 0 Å². The van der Waals surface area contributed by atoms with Crippen molar-refractivity contribution in [2.75, 3.05) is 9.80 Å². The van der Waals surface area contributed by atoms with Gasteiger partial charge in [-0.2, -0.15) is 0 Å². The van der Waals surface area contributed by atoms with Crippen molar-refractivity contribution in [3.63, 3.8) is 0 Å². The average Bonchev–Trinajstić information content (AvgIpc) is 3.35. The Morgan fingerprint density at radius 3 is 0.984 bits per heavy atom. The molecule has 2 nitrogen and oxygen atoms in total. The smallest absolute Gasteiger partial charge is 0.0473 e. The van der Waals surface area contributed by atoms with Gasteiger partial charge in [-0.05, 0) is 158 Å².